The van der Waals surface area contributed by atoms with Crippen LogP contribution in [0.1, 0.15) is 27.9 Å². The van der Waals surface area contributed by atoms with Gasteiger partial charge in [0.05, 0.1) is 25.5 Å². The Hall–Kier alpha value is -4.57. The standard InChI is InChI=1S/C29H33N3O7/c1-19-6-4-5-7-23(19)31-29(36)32-24-10-8-20(17-26(24)37-2)16-22(33)12-13-30-14-15-39-25-11-9-21(28(34)35)18-27(25)38-3/h4-11,17-18,30H,12-16H2,1-3H3,(H,34,35)(H2,31,32,36). The summed E-state index contributed by atoms with van der Waals surface area (Å²) in [4.78, 5) is 36.0. The van der Waals surface area contributed by atoms with E-state index in [1.807, 2.05) is 31.2 Å². The molecule has 39 heavy (non-hydrogen) atoms. The highest BCUT2D eigenvalue weighted by Crippen LogP contribution is 2.28. The SMILES string of the molecule is COc1cc(CC(=O)CCNCCOc2ccc(C(=O)O)cc2OC)ccc1NC(=O)Nc1ccccc1C. The third-order valence-electron chi connectivity index (χ3n) is 5.84. The number of ether oxygens (including phenoxy) is 3. The molecule has 2 amide bonds. The molecule has 0 unspecified atom stereocenters. The first-order chi connectivity index (χ1) is 18.8. The van der Waals surface area contributed by atoms with Crippen LogP contribution in [0.5, 0.6) is 17.2 Å². The van der Waals surface area contributed by atoms with Crippen LogP contribution in [0.25, 0.3) is 0 Å². The second-order valence-electron chi connectivity index (χ2n) is 8.66. The molecule has 206 valence electrons. The predicted octanol–water partition coefficient (Wildman–Crippen LogP) is 4.52. The number of ketones is 1. The van der Waals surface area contributed by atoms with Gasteiger partial charge in [-0.3, -0.25) is 4.79 Å². The number of hydrogen-bond acceptors (Lipinski definition) is 7. The van der Waals surface area contributed by atoms with E-state index in [0.717, 1.165) is 11.1 Å². The number of methoxy groups -OCH3 is 2. The van der Waals surface area contributed by atoms with Crippen LogP contribution < -0.4 is 30.2 Å². The lowest BCUT2D eigenvalue weighted by Gasteiger charge is -2.13. The minimum absolute atomic E-state index is 0.0504. The van der Waals surface area contributed by atoms with Crippen LogP contribution in [-0.2, 0) is 11.2 Å². The van der Waals surface area contributed by atoms with Gasteiger partial charge in [-0.05, 0) is 54.4 Å². The predicted molar refractivity (Wildman–Crippen MR) is 148 cm³/mol. The largest absolute Gasteiger partial charge is 0.495 e. The first-order valence-corrected chi connectivity index (χ1v) is 12.4. The maximum absolute atomic E-state index is 12.5. The molecule has 0 saturated carbocycles. The van der Waals surface area contributed by atoms with Gasteiger partial charge in [-0.2, -0.15) is 0 Å². The number of carboxylic acids is 1. The summed E-state index contributed by atoms with van der Waals surface area (Å²) < 4.78 is 16.3. The van der Waals surface area contributed by atoms with Crippen molar-refractivity contribution in [1.29, 1.82) is 0 Å². The number of carbonyl (C=O) groups is 3. The number of aromatic carboxylic acids is 1. The second-order valence-corrected chi connectivity index (χ2v) is 8.66. The van der Waals surface area contributed by atoms with Gasteiger partial charge in [-0.15, -0.1) is 0 Å². The number of hydrogen-bond donors (Lipinski definition) is 4. The number of carboxylic acid groups (broad SMARTS) is 1. The molecule has 0 spiro atoms. The Kier molecular flexibility index (Phi) is 10.7. The monoisotopic (exact) mass is 535 g/mol. The van der Waals surface area contributed by atoms with Crippen molar-refractivity contribution in [2.24, 2.45) is 0 Å². The summed E-state index contributed by atoms with van der Waals surface area (Å²) in [7, 11) is 2.95. The number of urea groups is 1. The minimum atomic E-state index is -1.04. The Morgan fingerprint density at radius 1 is 0.821 bits per heavy atom. The van der Waals surface area contributed by atoms with Gasteiger partial charge < -0.3 is 35.3 Å². The number of nitrogens with one attached hydrogen (secondary N) is 3. The van der Waals surface area contributed by atoms with Crippen molar-refractivity contribution >= 4 is 29.2 Å². The Morgan fingerprint density at radius 2 is 1.56 bits per heavy atom. The molecule has 3 rings (SSSR count). The van der Waals surface area contributed by atoms with Gasteiger partial charge in [0.15, 0.2) is 11.5 Å². The highest BCUT2D eigenvalue weighted by atomic mass is 16.5. The van der Waals surface area contributed by atoms with E-state index < -0.39 is 12.0 Å². The molecular weight excluding hydrogens is 502 g/mol. The van der Waals surface area contributed by atoms with Crippen LogP contribution in [-0.4, -0.2) is 56.8 Å². The molecule has 0 aromatic heterocycles. The molecule has 0 fully saturated rings. The zero-order valence-corrected chi connectivity index (χ0v) is 22.2. The molecule has 10 heteroatoms. The molecule has 0 aliphatic heterocycles. The van der Waals surface area contributed by atoms with Gasteiger partial charge in [0.2, 0.25) is 0 Å². The average molecular weight is 536 g/mol. The van der Waals surface area contributed by atoms with Crippen molar-refractivity contribution in [3.05, 3.63) is 77.4 Å². The fourth-order valence-electron chi connectivity index (χ4n) is 3.76. The Bertz CT molecular complexity index is 1310. The average Bonchev–Trinajstić information content (AvgIpc) is 2.92. The van der Waals surface area contributed by atoms with Gasteiger partial charge in [-0.1, -0.05) is 24.3 Å². The lowest BCUT2D eigenvalue weighted by molar-refractivity contribution is -0.118. The van der Waals surface area contributed by atoms with Gasteiger partial charge in [0, 0.05) is 31.6 Å². The molecular formula is C29H33N3O7. The second kappa shape index (κ2) is 14.4. The number of carbonyl (C=O) groups excluding carboxylic acids is 2. The van der Waals surface area contributed by atoms with Crippen molar-refractivity contribution in [3.63, 3.8) is 0 Å². The highest BCUT2D eigenvalue weighted by Gasteiger charge is 2.12. The van der Waals surface area contributed by atoms with Crippen molar-refractivity contribution in [1.82, 2.24) is 5.32 Å². The first-order valence-electron chi connectivity index (χ1n) is 12.4. The molecule has 10 nitrogen and oxygen atoms in total. The number of para-hydroxylation sites is 1. The van der Waals surface area contributed by atoms with E-state index in [4.69, 9.17) is 19.3 Å². The van der Waals surface area contributed by atoms with Gasteiger partial charge >= 0.3 is 12.0 Å². The molecule has 0 radical (unpaired) electrons. The normalized spacial score (nSPS) is 10.4. The summed E-state index contributed by atoms with van der Waals surface area (Å²) in [6.07, 6.45) is 0.565. The van der Waals surface area contributed by atoms with E-state index in [9.17, 15) is 14.4 Å². The lowest BCUT2D eigenvalue weighted by Crippen LogP contribution is -2.24. The third kappa shape index (κ3) is 8.75. The lowest BCUT2D eigenvalue weighted by atomic mass is 10.1. The number of anilines is 2. The van der Waals surface area contributed by atoms with Crippen LogP contribution in [0, 0.1) is 6.92 Å². The van der Waals surface area contributed by atoms with Crippen molar-refractivity contribution in [3.8, 4) is 17.2 Å². The third-order valence-corrected chi connectivity index (χ3v) is 5.84. The van der Waals surface area contributed by atoms with Gasteiger partial charge in [0.1, 0.15) is 18.1 Å². The molecule has 0 atom stereocenters. The maximum atomic E-state index is 12.5. The summed E-state index contributed by atoms with van der Waals surface area (Å²) in [6, 6.07) is 16.7. The summed E-state index contributed by atoms with van der Waals surface area (Å²) in [5.74, 6) is 0.254. The van der Waals surface area contributed by atoms with E-state index in [1.165, 1.54) is 26.4 Å². The Morgan fingerprint density at radius 3 is 2.28 bits per heavy atom. The summed E-state index contributed by atoms with van der Waals surface area (Å²) >= 11 is 0. The molecule has 0 bridgehead atoms. The Balaban J connectivity index is 1.41. The number of Topliss-reactive ketones (excluding diaryl/α,β-unsaturated/α-hetero) is 1. The topological polar surface area (TPSA) is 135 Å². The summed E-state index contributed by atoms with van der Waals surface area (Å²) in [5.41, 5.74) is 3.05. The Labute approximate surface area is 227 Å². The van der Waals surface area contributed by atoms with E-state index in [-0.39, 0.29) is 17.8 Å². The zero-order valence-electron chi connectivity index (χ0n) is 22.2. The fourth-order valence-corrected chi connectivity index (χ4v) is 3.76. The quantitative estimate of drug-likeness (QED) is 0.221. The molecule has 0 aliphatic rings. The van der Waals surface area contributed by atoms with Crippen LogP contribution >= 0.6 is 0 Å². The molecule has 3 aromatic carbocycles. The smallest absolute Gasteiger partial charge is 0.335 e. The number of aryl methyl sites for hydroxylation is 1. The van der Waals surface area contributed by atoms with Crippen molar-refractivity contribution < 1.29 is 33.7 Å². The van der Waals surface area contributed by atoms with E-state index in [2.05, 4.69) is 16.0 Å². The van der Waals surface area contributed by atoms with E-state index in [1.54, 1.807) is 24.3 Å². The number of amides is 2. The minimum Gasteiger partial charge on any atom is -0.495 e. The number of benzene rings is 3. The van der Waals surface area contributed by atoms with Crippen LogP contribution in [0.3, 0.4) is 0 Å². The first kappa shape index (κ1) is 29.0. The van der Waals surface area contributed by atoms with E-state index >= 15 is 0 Å². The van der Waals surface area contributed by atoms with Crippen LogP contribution in [0.2, 0.25) is 0 Å². The van der Waals surface area contributed by atoms with Crippen molar-refractivity contribution in [2.45, 2.75) is 19.8 Å². The van der Waals surface area contributed by atoms with Gasteiger partial charge in [0.25, 0.3) is 0 Å². The van der Waals surface area contributed by atoms with Crippen molar-refractivity contribution in [2.75, 3.05) is 44.5 Å². The molecule has 3 aromatic rings. The molecule has 0 aliphatic carbocycles. The van der Waals surface area contributed by atoms with E-state index in [0.29, 0.717) is 54.7 Å². The molecule has 0 heterocycles. The van der Waals surface area contributed by atoms with Crippen LogP contribution in [0.4, 0.5) is 16.2 Å². The molecule has 4 N–H and O–H groups in total. The van der Waals surface area contributed by atoms with Crippen LogP contribution in [0.15, 0.2) is 60.7 Å². The number of rotatable bonds is 14. The maximum Gasteiger partial charge on any atom is 0.335 e. The zero-order chi connectivity index (χ0) is 28.2. The molecule has 0 saturated heterocycles. The summed E-state index contributed by atoms with van der Waals surface area (Å²) in [5, 5.41) is 17.8. The highest BCUT2D eigenvalue weighted by molar-refractivity contribution is 6.01. The fraction of sp³-hybridized carbons (Fsp3) is 0.276. The van der Waals surface area contributed by atoms with Gasteiger partial charge in [-0.25, -0.2) is 9.59 Å². The summed E-state index contributed by atoms with van der Waals surface area (Å²) in [6.45, 7) is 3.20.